The van der Waals surface area contributed by atoms with Crippen molar-refractivity contribution in [2.45, 2.75) is 23.6 Å². The maximum absolute atomic E-state index is 11.5. The highest BCUT2D eigenvalue weighted by Gasteiger charge is 2.22. The Bertz CT molecular complexity index is 1040. The van der Waals surface area contributed by atoms with Gasteiger partial charge in [-0.15, -0.1) is 8.80 Å². The van der Waals surface area contributed by atoms with E-state index < -0.39 is 20.0 Å². The van der Waals surface area contributed by atoms with Crippen LogP contribution < -0.4 is 10.6 Å². The van der Waals surface area contributed by atoms with E-state index in [4.69, 9.17) is 0 Å². The Labute approximate surface area is 151 Å². The Morgan fingerprint density at radius 3 is 1.38 bits per heavy atom. The molecular weight excluding hydrogens is 376 g/mol. The average Bonchev–Trinajstić information content (AvgIpc) is 2.53. The van der Waals surface area contributed by atoms with Crippen molar-refractivity contribution < 1.29 is 16.8 Å². The van der Waals surface area contributed by atoms with E-state index >= 15 is 0 Å². The van der Waals surface area contributed by atoms with Crippen LogP contribution in [0.15, 0.2) is 67.1 Å². The third-order valence-corrected chi connectivity index (χ3v) is 6.33. The first-order valence-electron chi connectivity index (χ1n) is 7.54. The lowest BCUT2D eigenvalue weighted by atomic mass is 10.3. The van der Waals surface area contributed by atoms with Crippen LogP contribution in [-0.4, -0.2) is 28.5 Å². The molecule has 2 N–H and O–H groups in total. The lowest BCUT2D eigenvalue weighted by Gasteiger charge is -2.14. The summed E-state index contributed by atoms with van der Waals surface area (Å²) in [4.78, 5) is 0.473. The summed E-state index contributed by atoms with van der Waals surface area (Å²) in [5, 5.41) is 5.77. The van der Waals surface area contributed by atoms with Crippen LogP contribution in [0, 0.1) is 0 Å². The number of anilines is 2. The standard InChI is InChI=1S/2C8H8N2O2S/c2*1-6-9-7-4-2-3-5-8(7)13(11,12)10-6/h2*2-5H,1H3,(H,9,10). The van der Waals surface area contributed by atoms with Crippen LogP contribution in [0.2, 0.25) is 0 Å². The summed E-state index contributed by atoms with van der Waals surface area (Å²) in [6, 6.07) is 13.4. The molecule has 0 saturated heterocycles. The number of fused-ring (bicyclic) bond motifs is 2. The van der Waals surface area contributed by atoms with Gasteiger partial charge >= 0.3 is 0 Å². The van der Waals surface area contributed by atoms with E-state index in [0.29, 0.717) is 23.0 Å². The molecule has 26 heavy (non-hydrogen) atoms. The highest BCUT2D eigenvalue weighted by Crippen LogP contribution is 2.27. The summed E-state index contributed by atoms with van der Waals surface area (Å²) in [7, 11) is -6.93. The maximum Gasteiger partial charge on any atom is 0.286 e. The molecule has 2 heterocycles. The third kappa shape index (κ3) is 3.60. The molecule has 0 radical (unpaired) electrons. The van der Waals surface area contributed by atoms with Gasteiger partial charge in [-0.3, -0.25) is 0 Å². The molecule has 136 valence electrons. The largest absolute Gasteiger partial charge is 0.342 e. The van der Waals surface area contributed by atoms with Gasteiger partial charge in [-0.2, -0.15) is 16.8 Å². The van der Waals surface area contributed by atoms with Crippen LogP contribution in [0.5, 0.6) is 0 Å². The van der Waals surface area contributed by atoms with E-state index in [2.05, 4.69) is 19.4 Å². The molecule has 8 nitrogen and oxygen atoms in total. The van der Waals surface area contributed by atoms with E-state index in [1.807, 2.05) is 0 Å². The third-order valence-electron chi connectivity index (χ3n) is 3.48. The van der Waals surface area contributed by atoms with Gasteiger partial charge in [0, 0.05) is 0 Å². The predicted molar refractivity (Wildman–Crippen MR) is 101 cm³/mol. The fourth-order valence-corrected chi connectivity index (χ4v) is 4.79. The Kier molecular flexibility index (Phi) is 4.55. The number of sulfonamides is 2. The van der Waals surface area contributed by atoms with Crippen molar-refractivity contribution in [3.63, 3.8) is 0 Å². The SMILES string of the molecule is CC1=NS(=O)(=O)c2ccccc2N1.CC1=NS(=O)(=O)c2ccccc2N1. The molecule has 0 bridgehead atoms. The van der Waals surface area contributed by atoms with Gasteiger partial charge in [-0.05, 0) is 38.1 Å². The summed E-state index contributed by atoms with van der Waals surface area (Å²) in [6.45, 7) is 3.24. The molecule has 2 aliphatic heterocycles. The molecule has 10 heteroatoms. The maximum atomic E-state index is 11.5. The Morgan fingerprint density at radius 2 is 1.00 bits per heavy atom. The van der Waals surface area contributed by atoms with Gasteiger partial charge in [0.15, 0.2) is 0 Å². The van der Waals surface area contributed by atoms with Crippen molar-refractivity contribution in [1.29, 1.82) is 0 Å². The number of amidine groups is 2. The summed E-state index contributed by atoms with van der Waals surface area (Å²) < 4.78 is 52.9. The normalized spacial score (nSPS) is 18.4. The monoisotopic (exact) mass is 392 g/mol. The van der Waals surface area contributed by atoms with Crippen molar-refractivity contribution in [3.05, 3.63) is 48.5 Å². The van der Waals surface area contributed by atoms with E-state index in [-0.39, 0.29) is 9.79 Å². The fraction of sp³-hybridized carbons (Fsp3) is 0.125. The lowest BCUT2D eigenvalue weighted by Crippen LogP contribution is -2.18. The van der Waals surface area contributed by atoms with Crippen LogP contribution in [-0.2, 0) is 20.0 Å². The number of rotatable bonds is 0. The van der Waals surface area contributed by atoms with Crippen molar-refractivity contribution in [1.82, 2.24) is 0 Å². The lowest BCUT2D eigenvalue weighted by molar-refractivity contribution is 0.596. The first-order valence-corrected chi connectivity index (χ1v) is 10.4. The highest BCUT2D eigenvalue weighted by atomic mass is 32.2. The van der Waals surface area contributed by atoms with E-state index in [1.165, 1.54) is 12.1 Å². The molecule has 4 rings (SSSR count). The zero-order chi connectivity index (χ0) is 18.9. The van der Waals surface area contributed by atoms with E-state index in [0.717, 1.165) is 0 Å². The summed E-state index contributed by atoms with van der Waals surface area (Å²) >= 11 is 0. The number of hydrogen-bond donors (Lipinski definition) is 2. The summed E-state index contributed by atoms with van der Waals surface area (Å²) in [5.74, 6) is 0.803. The minimum absolute atomic E-state index is 0.237. The Hall–Kier alpha value is -2.72. The van der Waals surface area contributed by atoms with Crippen LogP contribution in [0.25, 0.3) is 0 Å². The molecule has 0 fully saturated rings. The van der Waals surface area contributed by atoms with Crippen molar-refractivity contribution in [3.8, 4) is 0 Å². The summed E-state index contributed by atoms with van der Waals surface area (Å²) in [6.07, 6.45) is 0. The van der Waals surface area contributed by atoms with Gasteiger partial charge in [-0.25, -0.2) is 0 Å². The molecule has 0 aromatic heterocycles. The molecular formula is C16H16N4O4S2. The number of nitrogens with one attached hydrogen (secondary N) is 2. The highest BCUT2D eigenvalue weighted by molar-refractivity contribution is 7.90. The van der Waals surface area contributed by atoms with Gasteiger partial charge in [-0.1, -0.05) is 24.3 Å². The molecule has 0 saturated carbocycles. The number of para-hydroxylation sites is 2. The predicted octanol–water partition coefficient (Wildman–Crippen LogP) is 2.44. The number of nitrogens with zero attached hydrogens (tertiary/aromatic N) is 2. The quantitative estimate of drug-likeness (QED) is 0.711. The second-order valence-electron chi connectivity index (χ2n) is 5.55. The van der Waals surface area contributed by atoms with Crippen molar-refractivity contribution in [2.24, 2.45) is 8.80 Å². The molecule has 0 amide bonds. The zero-order valence-corrected chi connectivity index (χ0v) is 15.6. The van der Waals surface area contributed by atoms with Crippen LogP contribution in [0.3, 0.4) is 0 Å². The van der Waals surface area contributed by atoms with E-state index in [1.54, 1.807) is 50.2 Å². The Balaban J connectivity index is 0.000000151. The molecule has 2 aromatic rings. The second kappa shape index (κ2) is 6.54. The Morgan fingerprint density at radius 1 is 0.654 bits per heavy atom. The molecule has 0 atom stereocenters. The smallest absolute Gasteiger partial charge is 0.286 e. The topological polar surface area (TPSA) is 117 Å². The van der Waals surface area contributed by atoms with Gasteiger partial charge < -0.3 is 10.6 Å². The molecule has 0 aliphatic carbocycles. The average molecular weight is 392 g/mol. The van der Waals surface area contributed by atoms with Crippen LogP contribution in [0.4, 0.5) is 11.4 Å². The molecule has 2 aliphatic rings. The van der Waals surface area contributed by atoms with Gasteiger partial charge in [0.05, 0.1) is 11.4 Å². The van der Waals surface area contributed by atoms with Gasteiger partial charge in [0.25, 0.3) is 20.0 Å². The first kappa shape index (κ1) is 18.1. The fourth-order valence-electron chi connectivity index (χ4n) is 2.48. The van der Waals surface area contributed by atoms with Crippen molar-refractivity contribution in [2.75, 3.05) is 10.6 Å². The van der Waals surface area contributed by atoms with Crippen molar-refractivity contribution >= 4 is 43.1 Å². The molecule has 0 unspecified atom stereocenters. The molecule has 0 spiro atoms. The minimum atomic E-state index is -3.47. The van der Waals surface area contributed by atoms with Gasteiger partial charge in [0.1, 0.15) is 21.5 Å². The second-order valence-corrected chi connectivity index (χ2v) is 8.69. The minimum Gasteiger partial charge on any atom is -0.342 e. The molecule has 2 aromatic carbocycles. The number of benzene rings is 2. The van der Waals surface area contributed by atoms with Crippen LogP contribution >= 0.6 is 0 Å². The van der Waals surface area contributed by atoms with Crippen LogP contribution in [0.1, 0.15) is 13.8 Å². The zero-order valence-electron chi connectivity index (χ0n) is 14.0. The first-order chi connectivity index (χ1) is 12.2. The number of hydrogen-bond acceptors (Lipinski definition) is 6. The van der Waals surface area contributed by atoms with E-state index in [9.17, 15) is 16.8 Å². The van der Waals surface area contributed by atoms with Gasteiger partial charge in [0.2, 0.25) is 0 Å². The summed E-state index contributed by atoms with van der Waals surface area (Å²) in [5.41, 5.74) is 1.19.